The number of aromatic nitrogens is 2. The molecule has 0 amide bonds. The predicted octanol–water partition coefficient (Wildman–Crippen LogP) is 2.29. The fourth-order valence-electron chi connectivity index (χ4n) is 1.86. The number of hydrogen-bond donors (Lipinski definition) is 1. The molecular formula is C13H16N4O2. The molecule has 0 saturated heterocycles. The van der Waals surface area contributed by atoms with Crippen LogP contribution in [-0.4, -0.2) is 21.0 Å². The summed E-state index contributed by atoms with van der Waals surface area (Å²) in [5.74, 6) is 0.982. The molecule has 6 heteroatoms. The summed E-state index contributed by atoms with van der Waals surface area (Å²) in [6.07, 6.45) is 4.42. The number of imidazole rings is 1. The van der Waals surface area contributed by atoms with Gasteiger partial charge in [0.2, 0.25) is 0 Å². The van der Waals surface area contributed by atoms with Gasteiger partial charge in [0, 0.05) is 50.2 Å². The second-order valence-corrected chi connectivity index (χ2v) is 4.39. The minimum absolute atomic E-state index is 0.102. The Bertz CT molecular complexity index is 592. The topological polar surface area (TPSA) is 73.0 Å². The summed E-state index contributed by atoms with van der Waals surface area (Å²) in [7, 11) is 1.95. The molecular weight excluding hydrogens is 244 g/mol. The second kappa shape index (κ2) is 5.51. The zero-order valence-electron chi connectivity index (χ0n) is 11.0. The Hall–Kier alpha value is -2.37. The van der Waals surface area contributed by atoms with Crippen LogP contribution in [0.1, 0.15) is 11.4 Å². The van der Waals surface area contributed by atoms with Crippen molar-refractivity contribution in [3.05, 3.63) is 52.1 Å². The van der Waals surface area contributed by atoms with E-state index in [4.69, 9.17) is 0 Å². The van der Waals surface area contributed by atoms with E-state index in [1.165, 1.54) is 6.07 Å². The van der Waals surface area contributed by atoms with E-state index in [9.17, 15) is 10.1 Å². The molecule has 0 unspecified atom stereocenters. The number of nitro groups is 1. The molecule has 6 nitrogen and oxygen atoms in total. The highest BCUT2D eigenvalue weighted by molar-refractivity contribution is 5.56. The van der Waals surface area contributed by atoms with Gasteiger partial charge in [0.25, 0.3) is 5.69 Å². The lowest BCUT2D eigenvalue weighted by atomic mass is 10.2. The average Bonchev–Trinajstić information content (AvgIpc) is 2.77. The SMILES string of the molecule is Cc1ccc([N+](=O)[O-])cc1NCCc1nccn1C. The van der Waals surface area contributed by atoms with Gasteiger partial charge in [0.1, 0.15) is 5.82 Å². The maximum absolute atomic E-state index is 10.7. The summed E-state index contributed by atoms with van der Waals surface area (Å²) in [4.78, 5) is 14.6. The number of anilines is 1. The lowest BCUT2D eigenvalue weighted by Gasteiger charge is -2.09. The molecule has 0 atom stereocenters. The Morgan fingerprint density at radius 2 is 2.26 bits per heavy atom. The van der Waals surface area contributed by atoms with Crippen molar-refractivity contribution in [1.29, 1.82) is 0 Å². The Balaban J connectivity index is 2.01. The van der Waals surface area contributed by atoms with Crippen LogP contribution in [0.15, 0.2) is 30.6 Å². The maximum Gasteiger partial charge on any atom is 0.271 e. The number of hydrogen-bond acceptors (Lipinski definition) is 4. The molecule has 2 aromatic rings. The average molecular weight is 260 g/mol. The smallest absolute Gasteiger partial charge is 0.271 e. The van der Waals surface area contributed by atoms with Gasteiger partial charge in [-0.1, -0.05) is 6.07 Å². The molecule has 100 valence electrons. The summed E-state index contributed by atoms with van der Waals surface area (Å²) < 4.78 is 1.96. The normalized spacial score (nSPS) is 10.4. The standard InChI is InChI=1S/C13H16N4O2/c1-10-3-4-11(17(18)19)9-12(10)14-6-5-13-15-7-8-16(13)2/h3-4,7-9,14H,5-6H2,1-2H3. The summed E-state index contributed by atoms with van der Waals surface area (Å²) in [6.45, 7) is 2.61. The molecule has 1 heterocycles. The van der Waals surface area contributed by atoms with Crippen LogP contribution in [0.4, 0.5) is 11.4 Å². The summed E-state index contributed by atoms with van der Waals surface area (Å²) in [5.41, 5.74) is 1.89. The largest absolute Gasteiger partial charge is 0.384 e. The van der Waals surface area contributed by atoms with Crippen LogP contribution in [-0.2, 0) is 13.5 Å². The first kappa shape index (κ1) is 13.1. The van der Waals surface area contributed by atoms with E-state index in [1.54, 1.807) is 18.3 Å². The quantitative estimate of drug-likeness (QED) is 0.661. The third kappa shape index (κ3) is 3.09. The zero-order chi connectivity index (χ0) is 13.8. The van der Waals surface area contributed by atoms with E-state index in [1.807, 2.05) is 24.7 Å². The monoisotopic (exact) mass is 260 g/mol. The van der Waals surface area contributed by atoms with Crippen LogP contribution in [0.2, 0.25) is 0 Å². The van der Waals surface area contributed by atoms with Crippen molar-refractivity contribution in [2.75, 3.05) is 11.9 Å². The second-order valence-electron chi connectivity index (χ2n) is 4.39. The highest BCUT2D eigenvalue weighted by Crippen LogP contribution is 2.21. The van der Waals surface area contributed by atoms with Gasteiger partial charge >= 0.3 is 0 Å². The number of nitro benzene ring substituents is 1. The molecule has 0 aliphatic carbocycles. The van der Waals surface area contributed by atoms with Gasteiger partial charge in [0.15, 0.2) is 0 Å². The Morgan fingerprint density at radius 3 is 2.89 bits per heavy atom. The Kier molecular flexibility index (Phi) is 3.79. The van der Waals surface area contributed by atoms with E-state index in [-0.39, 0.29) is 10.6 Å². The molecule has 0 aliphatic rings. The van der Waals surface area contributed by atoms with E-state index in [0.717, 1.165) is 23.5 Å². The van der Waals surface area contributed by atoms with E-state index in [2.05, 4.69) is 10.3 Å². The Labute approximate surface area is 111 Å². The van der Waals surface area contributed by atoms with Crippen molar-refractivity contribution < 1.29 is 4.92 Å². The number of benzene rings is 1. The van der Waals surface area contributed by atoms with E-state index < -0.39 is 0 Å². The van der Waals surface area contributed by atoms with Gasteiger partial charge in [0.05, 0.1) is 4.92 Å². The minimum atomic E-state index is -0.386. The molecule has 0 spiro atoms. The van der Waals surface area contributed by atoms with E-state index >= 15 is 0 Å². The molecule has 19 heavy (non-hydrogen) atoms. The van der Waals surface area contributed by atoms with Crippen molar-refractivity contribution in [2.24, 2.45) is 7.05 Å². The van der Waals surface area contributed by atoms with Gasteiger partial charge in [-0.25, -0.2) is 4.98 Å². The zero-order valence-corrected chi connectivity index (χ0v) is 11.0. The fourth-order valence-corrected chi connectivity index (χ4v) is 1.86. The van der Waals surface area contributed by atoms with Crippen LogP contribution in [0.5, 0.6) is 0 Å². The highest BCUT2D eigenvalue weighted by Gasteiger charge is 2.08. The van der Waals surface area contributed by atoms with Crippen molar-refractivity contribution in [3.63, 3.8) is 0 Å². The number of non-ortho nitro benzene ring substituents is 1. The summed E-state index contributed by atoms with van der Waals surface area (Å²) in [5, 5.41) is 14.0. The molecule has 1 N–H and O–H groups in total. The van der Waals surface area contributed by atoms with Crippen molar-refractivity contribution >= 4 is 11.4 Å². The number of nitrogens with one attached hydrogen (secondary N) is 1. The number of rotatable bonds is 5. The van der Waals surface area contributed by atoms with Gasteiger partial charge < -0.3 is 9.88 Å². The van der Waals surface area contributed by atoms with Crippen LogP contribution in [0, 0.1) is 17.0 Å². The molecule has 2 rings (SSSR count). The highest BCUT2D eigenvalue weighted by atomic mass is 16.6. The van der Waals surface area contributed by atoms with Crippen molar-refractivity contribution in [1.82, 2.24) is 9.55 Å². The van der Waals surface area contributed by atoms with Gasteiger partial charge in [-0.05, 0) is 12.5 Å². The fraction of sp³-hybridized carbons (Fsp3) is 0.308. The third-order valence-electron chi connectivity index (χ3n) is 3.02. The van der Waals surface area contributed by atoms with Crippen LogP contribution < -0.4 is 5.32 Å². The van der Waals surface area contributed by atoms with E-state index in [0.29, 0.717) is 6.54 Å². The molecule has 1 aromatic carbocycles. The van der Waals surface area contributed by atoms with Crippen molar-refractivity contribution in [3.8, 4) is 0 Å². The summed E-state index contributed by atoms with van der Waals surface area (Å²) in [6, 6.07) is 4.83. The molecule has 0 bridgehead atoms. The van der Waals surface area contributed by atoms with Gasteiger partial charge in [-0.3, -0.25) is 10.1 Å². The first-order valence-corrected chi connectivity index (χ1v) is 6.03. The Morgan fingerprint density at radius 1 is 1.47 bits per heavy atom. The first-order chi connectivity index (χ1) is 9.08. The van der Waals surface area contributed by atoms with Gasteiger partial charge in [-0.2, -0.15) is 0 Å². The molecule has 0 radical (unpaired) electrons. The third-order valence-corrected chi connectivity index (χ3v) is 3.02. The predicted molar refractivity (Wildman–Crippen MR) is 73.2 cm³/mol. The van der Waals surface area contributed by atoms with Crippen LogP contribution in [0.3, 0.4) is 0 Å². The lowest BCUT2D eigenvalue weighted by molar-refractivity contribution is -0.384. The lowest BCUT2D eigenvalue weighted by Crippen LogP contribution is -2.09. The van der Waals surface area contributed by atoms with Crippen LogP contribution in [0.25, 0.3) is 0 Å². The van der Waals surface area contributed by atoms with Gasteiger partial charge in [-0.15, -0.1) is 0 Å². The molecule has 0 fully saturated rings. The number of aryl methyl sites for hydroxylation is 2. The molecule has 0 aliphatic heterocycles. The maximum atomic E-state index is 10.7. The van der Waals surface area contributed by atoms with Crippen molar-refractivity contribution in [2.45, 2.75) is 13.3 Å². The van der Waals surface area contributed by atoms with Crippen LogP contribution >= 0.6 is 0 Å². The minimum Gasteiger partial charge on any atom is -0.384 e. The first-order valence-electron chi connectivity index (χ1n) is 6.03. The molecule has 0 saturated carbocycles. The summed E-state index contributed by atoms with van der Waals surface area (Å²) >= 11 is 0. The number of nitrogens with zero attached hydrogens (tertiary/aromatic N) is 3. The molecule has 1 aromatic heterocycles.